The van der Waals surface area contributed by atoms with Gasteiger partial charge in [0.25, 0.3) is 0 Å². The number of phenolic OH excluding ortho intramolecular Hbond substituents is 1. The molecule has 1 aromatic heterocycles. The quantitative estimate of drug-likeness (QED) is 0.782. The third kappa shape index (κ3) is 2.05. The summed E-state index contributed by atoms with van der Waals surface area (Å²) < 4.78 is 4.83. The lowest BCUT2D eigenvalue weighted by molar-refractivity contribution is 0.390. The zero-order valence-electron chi connectivity index (χ0n) is 7.25. The lowest BCUT2D eigenvalue weighted by atomic mass is 10.3. The zero-order valence-corrected chi connectivity index (χ0v) is 8.07. The molecule has 0 radical (unpaired) electrons. The molecule has 1 N–H and O–H groups in total. The first kappa shape index (κ1) is 9.08. The fourth-order valence-electron chi connectivity index (χ4n) is 0.978. The molecular formula is C9H8N2O2S. The van der Waals surface area contributed by atoms with E-state index in [1.165, 1.54) is 18.1 Å². The lowest BCUT2D eigenvalue weighted by Gasteiger charge is -2.00. The van der Waals surface area contributed by atoms with Crippen LogP contribution in [0.5, 0.6) is 5.75 Å². The van der Waals surface area contributed by atoms with E-state index in [-0.39, 0.29) is 5.75 Å². The van der Waals surface area contributed by atoms with E-state index in [0.717, 1.165) is 4.90 Å². The van der Waals surface area contributed by atoms with Gasteiger partial charge in [-0.1, -0.05) is 17.3 Å². The minimum absolute atomic E-state index is 0.275. The van der Waals surface area contributed by atoms with E-state index in [0.29, 0.717) is 11.6 Å². The monoisotopic (exact) mass is 208 g/mol. The van der Waals surface area contributed by atoms with Gasteiger partial charge < -0.3 is 9.63 Å². The highest BCUT2D eigenvalue weighted by atomic mass is 32.2. The summed E-state index contributed by atoms with van der Waals surface area (Å²) >= 11 is 1.46. The molecule has 14 heavy (non-hydrogen) atoms. The third-order valence-electron chi connectivity index (χ3n) is 1.62. The Bertz CT molecular complexity index is 403. The predicted octanol–water partition coefficient (Wildman–Crippen LogP) is 2.07. The highest BCUT2D eigenvalue weighted by Crippen LogP contribution is 2.29. The molecule has 0 aliphatic carbocycles. The first-order valence-electron chi connectivity index (χ1n) is 4.02. The average molecular weight is 208 g/mol. The van der Waals surface area contributed by atoms with E-state index in [2.05, 4.69) is 10.1 Å². The second-order valence-electron chi connectivity index (χ2n) is 2.59. The van der Waals surface area contributed by atoms with Crippen molar-refractivity contribution >= 4 is 11.8 Å². The van der Waals surface area contributed by atoms with Crippen molar-refractivity contribution in [1.82, 2.24) is 10.1 Å². The Morgan fingerprint density at radius 3 is 2.93 bits per heavy atom. The molecule has 0 amide bonds. The number of phenols is 1. The van der Waals surface area contributed by atoms with Gasteiger partial charge in [-0.25, -0.2) is 0 Å². The predicted molar refractivity (Wildman–Crippen MR) is 52.0 cm³/mol. The van der Waals surface area contributed by atoms with Crippen LogP contribution in [0.25, 0.3) is 0 Å². The van der Waals surface area contributed by atoms with Crippen molar-refractivity contribution in [1.29, 1.82) is 0 Å². The number of aromatic hydroxyl groups is 1. The Kier molecular flexibility index (Phi) is 2.69. The zero-order chi connectivity index (χ0) is 9.80. The standard InChI is InChI=1S/C9H8N2O2S/c12-7-3-1-2-4-8(7)14-5-9-10-6-11-13-9/h1-4,6,12H,5H2. The summed E-state index contributed by atoms with van der Waals surface area (Å²) in [6.45, 7) is 0. The van der Waals surface area contributed by atoms with Crippen molar-refractivity contribution in [3.05, 3.63) is 36.5 Å². The first-order valence-corrected chi connectivity index (χ1v) is 5.01. The van der Waals surface area contributed by atoms with E-state index in [4.69, 9.17) is 4.52 Å². The number of thioether (sulfide) groups is 1. The summed E-state index contributed by atoms with van der Waals surface area (Å²) in [5, 5.41) is 12.9. The normalized spacial score (nSPS) is 10.3. The highest BCUT2D eigenvalue weighted by molar-refractivity contribution is 7.98. The Hall–Kier alpha value is -1.49. The fourth-order valence-corrected chi connectivity index (χ4v) is 1.78. The number of rotatable bonds is 3. The van der Waals surface area contributed by atoms with Crippen LogP contribution in [0.4, 0.5) is 0 Å². The van der Waals surface area contributed by atoms with Crippen molar-refractivity contribution in [2.45, 2.75) is 10.6 Å². The molecule has 0 aliphatic heterocycles. The van der Waals surface area contributed by atoms with E-state index in [9.17, 15) is 5.11 Å². The summed E-state index contributed by atoms with van der Waals surface area (Å²) in [7, 11) is 0. The lowest BCUT2D eigenvalue weighted by Crippen LogP contribution is -1.79. The molecule has 0 aliphatic rings. The van der Waals surface area contributed by atoms with E-state index >= 15 is 0 Å². The fraction of sp³-hybridized carbons (Fsp3) is 0.111. The Morgan fingerprint density at radius 1 is 1.36 bits per heavy atom. The van der Waals surface area contributed by atoms with Gasteiger partial charge in [-0.05, 0) is 12.1 Å². The molecule has 2 aromatic rings. The average Bonchev–Trinajstić information content (AvgIpc) is 2.69. The van der Waals surface area contributed by atoms with Gasteiger partial charge >= 0.3 is 0 Å². The van der Waals surface area contributed by atoms with Crippen molar-refractivity contribution < 1.29 is 9.63 Å². The number of nitrogens with zero attached hydrogens (tertiary/aromatic N) is 2. The Labute approximate surface area is 85.0 Å². The van der Waals surface area contributed by atoms with E-state index in [1.807, 2.05) is 12.1 Å². The molecule has 0 unspecified atom stereocenters. The van der Waals surface area contributed by atoms with Gasteiger partial charge in [-0.3, -0.25) is 0 Å². The molecule has 0 saturated carbocycles. The number of aromatic nitrogens is 2. The Morgan fingerprint density at radius 2 is 2.21 bits per heavy atom. The van der Waals surface area contributed by atoms with Crippen molar-refractivity contribution in [3.63, 3.8) is 0 Å². The SMILES string of the molecule is Oc1ccccc1SCc1ncno1. The van der Waals surface area contributed by atoms with Crippen LogP contribution in [0.15, 0.2) is 40.0 Å². The maximum Gasteiger partial charge on any atom is 0.236 e. The summed E-state index contributed by atoms with van der Waals surface area (Å²) in [6, 6.07) is 7.15. The second kappa shape index (κ2) is 4.15. The van der Waals surface area contributed by atoms with Gasteiger partial charge in [-0.2, -0.15) is 4.98 Å². The van der Waals surface area contributed by atoms with Gasteiger partial charge in [0, 0.05) is 4.90 Å². The molecular weight excluding hydrogens is 200 g/mol. The topological polar surface area (TPSA) is 59.2 Å². The number of hydrogen-bond acceptors (Lipinski definition) is 5. The van der Waals surface area contributed by atoms with Gasteiger partial charge in [0.2, 0.25) is 5.89 Å². The highest BCUT2D eigenvalue weighted by Gasteiger charge is 2.03. The second-order valence-corrected chi connectivity index (χ2v) is 3.61. The molecule has 4 nitrogen and oxygen atoms in total. The number of para-hydroxylation sites is 1. The van der Waals surface area contributed by atoms with Crippen LogP contribution in [0, 0.1) is 0 Å². The van der Waals surface area contributed by atoms with Gasteiger partial charge in [0.15, 0.2) is 6.33 Å². The van der Waals surface area contributed by atoms with Crippen LogP contribution < -0.4 is 0 Å². The third-order valence-corrected chi connectivity index (χ3v) is 2.67. The maximum atomic E-state index is 9.45. The molecule has 0 fully saturated rings. The summed E-state index contributed by atoms with van der Waals surface area (Å²) in [5.74, 6) is 1.40. The van der Waals surface area contributed by atoms with E-state index < -0.39 is 0 Å². The molecule has 1 heterocycles. The van der Waals surface area contributed by atoms with E-state index in [1.54, 1.807) is 12.1 Å². The molecule has 0 atom stereocenters. The molecule has 1 aromatic carbocycles. The van der Waals surface area contributed by atoms with Gasteiger partial charge in [-0.15, -0.1) is 11.8 Å². The van der Waals surface area contributed by atoms with Crippen LogP contribution in [-0.4, -0.2) is 15.2 Å². The van der Waals surface area contributed by atoms with Gasteiger partial charge in [0.05, 0.1) is 5.75 Å². The summed E-state index contributed by atoms with van der Waals surface area (Å²) in [5.41, 5.74) is 0. The van der Waals surface area contributed by atoms with Crippen LogP contribution in [0.1, 0.15) is 5.89 Å². The summed E-state index contributed by atoms with van der Waals surface area (Å²) in [4.78, 5) is 4.69. The number of hydrogen-bond donors (Lipinski definition) is 1. The van der Waals surface area contributed by atoms with Crippen molar-refractivity contribution in [2.24, 2.45) is 0 Å². The van der Waals surface area contributed by atoms with Crippen molar-refractivity contribution in [3.8, 4) is 5.75 Å². The van der Waals surface area contributed by atoms with Crippen LogP contribution in [0.3, 0.4) is 0 Å². The minimum Gasteiger partial charge on any atom is -0.507 e. The molecule has 0 saturated heterocycles. The number of benzene rings is 1. The maximum absolute atomic E-state index is 9.45. The smallest absolute Gasteiger partial charge is 0.236 e. The molecule has 2 rings (SSSR count). The van der Waals surface area contributed by atoms with Crippen LogP contribution in [-0.2, 0) is 5.75 Å². The molecule has 0 bridgehead atoms. The summed E-state index contributed by atoms with van der Waals surface area (Å²) in [6.07, 6.45) is 1.36. The van der Waals surface area contributed by atoms with Gasteiger partial charge in [0.1, 0.15) is 5.75 Å². The van der Waals surface area contributed by atoms with Crippen LogP contribution >= 0.6 is 11.8 Å². The minimum atomic E-state index is 0.275. The first-order chi connectivity index (χ1) is 6.86. The Balaban J connectivity index is 2.02. The van der Waals surface area contributed by atoms with Crippen LogP contribution in [0.2, 0.25) is 0 Å². The largest absolute Gasteiger partial charge is 0.507 e. The molecule has 0 spiro atoms. The molecule has 72 valence electrons. The van der Waals surface area contributed by atoms with Crippen molar-refractivity contribution in [2.75, 3.05) is 0 Å². The molecule has 5 heteroatoms.